The van der Waals surface area contributed by atoms with Crippen molar-refractivity contribution in [3.63, 3.8) is 0 Å². The van der Waals surface area contributed by atoms with E-state index in [9.17, 15) is 9.59 Å². The monoisotopic (exact) mass is 470 g/mol. The molecule has 0 atom stereocenters. The van der Waals surface area contributed by atoms with E-state index in [1.165, 1.54) is 16.7 Å². The second-order valence-corrected chi connectivity index (χ2v) is 8.78. The maximum atomic E-state index is 12.4. The summed E-state index contributed by atoms with van der Waals surface area (Å²) < 4.78 is 0. The lowest BCUT2D eigenvalue weighted by atomic mass is 10.1. The van der Waals surface area contributed by atoms with E-state index in [0.717, 1.165) is 16.5 Å². The lowest BCUT2D eigenvalue weighted by Crippen LogP contribution is -2.21. The van der Waals surface area contributed by atoms with Crippen molar-refractivity contribution in [1.82, 2.24) is 9.88 Å². The number of hydrogen-bond acceptors (Lipinski definition) is 5. The summed E-state index contributed by atoms with van der Waals surface area (Å²) in [6.07, 6.45) is 3.31. The molecule has 9 heteroatoms. The van der Waals surface area contributed by atoms with Crippen LogP contribution >= 0.6 is 35.0 Å². The number of aliphatic imine (C=N–C) groups is 1. The summed E-state index contributed by atoms with van der Waals surface area (Å²) in [7, 11) is 3.38. The fourth-order valence-electron chi connectivity index (χ4n) is 2.95. The van der Waals surface area contributed by atoms with Crippen LogP contribution in [0.2, 0.25) is 10.0 Å². The first kappa shape index (κ1) is 21.4. The number of carbonyl (C=O) groups excluding carboxylic acids is 2. The molecular weight excluding hydrogens is 455 g/mol. The van der Waals surface area contributed by atoms with Crippen molar-refractivity contribution in [2.75, 3.05) is 19.4 Å². The van der Waals surface area contributed by atoms with E-state index in [2.05, 4.69) is 15.3 Å². The molecule has 1 aliphatic heterocycles. The SMILES string of the molecule is CN(C)C(=O)c1cnc2ccc(C=C3SC(Nc4c(Cl)cccc4Cl)=NC3=O)cc2c1. The number of anilines is 1. The van der Waals surface area contributed by atoms with Gasteiger partial charge in [0.25, 0.3) is 11.8 Å². The first-order valence-electron chi connectivity index (χ1n) is 9.17. The van der Waals surface area contributed by atoms with Gasteiger partial charge in [-0.25, -0.2) is 0 Å². The molecule has 0 unspecified atom stereocenters. The van der Waals surface area contributed by atoms with Gasteiger partial charge in [-0.05, 0) is 53.7 Å². The molecule has 0 spiro atoms. The van der Waals surface area contributed by atoms with Crippen LogP contribution in [0.5, 0.6) is 0 Å². The topological polar surface area (TPSA) is 74.7 Å². The van der Waals surface area contributed by atoms with E-state index in [1.807, 2.05) is 18.2 Å². The van der Waals surface area contributed by atoms with E-state index in [4.69, 9.17) is 23.2 Å². The number of thioether (sulfide) groups is 1. The first-order chi connectivity index (χ1) is 14.8. The number of benzene rings is 2. The Kier molecular flexibility index (Phi) is 6.00. The highest BCUT2D eigenvalue weighted by Gasteiger charge is 2.23. The summed E-state index contributed by atoms with van der Waals surface area (Å²) in [4.78, 5) is 35.0. The van der Waals surface area contributed by atoms with Gasteiger partial charge in [-0.2, -0.15) is 4.99 Å². The van der Waals surface area contributed by atoms with Crippen LogP contribution in [-0.4, -0.2) is 41.0 Å². The molecule has 0 saturated carbocycles. The van der Waals surface area contributed by atoms with E-state index in [0.29, 0.717) is 31.4 Å². The highest BCUT2D eigenvalue weighted by Crippen LogP contribution is 2.34. The number of para-hydroxylation sites is 1. The van der Waals surface area contributed by atoms with E-state index >= 15 is 0 Å². The van der Waals surface area contributed by atoms with Gasteiger partial charge in [-0.3, -0.25) is 14.6 Å². The van der Waals surface area contributed by atoms with Gasteiger partial charge in [0, 0.05) is 25.7 Å². The van der Waals surface area contributed by atoms with E-state index < -0.39 is 0 Å². The largest absolute Gasteiger partial charge is 0.345 e. The number of amides is 2. The van der Waals surface area contributed by atoms with Gasteiger partial charge in [0.15, 0.2) is 5.17 Å². The van der Waals surface area contributed by atoms with Crippen molar-refractivity contribution in [1.29, 1.82) is 0 Å². The number of nitrogens with zero attached hydrogens (tertiary/aromatic N) is 3. The molecule has 6 nitrogen and oxygen atoms in total. The lowest BCUT2D eigenvalue weighted by molar-refractivity contribution is -0.113. The Morgan fingerprint density at radius 1 is 1.13 bits per heavy atom. The van der Waals surface area contributed by atoms with Crippen LogP contribution in [-0.2, 0) is 4.79 Å². The van der Waals surface area contributed by atoms with Gasteiger partial charge in [0.2, 0.25) is 0 Å². The predicted octanol–water partition coefficient (Wildman–Crippen LogP) is 5.33. The van der Waals surface area contributed by atoms with Crippen LogP contribution in [0.25, 0.3) is 17.0 Å². The second kappa shape index (κ2) is 8.70. The van der Waals surface area contributed by atoms with Crippen molar-refractivity contribution < 1.29 is 9.59 Å². The quantitative estimate of drug-likeness (QED) is 0.523. The average molecular weight is 471 g/mol. The minimum Gasteiger partial charge on any atom is -0.345 e. The Morgan fingerprint density at radius 2 is 1.87 bits per heavy atom. The summed E-state index contributed by atoms with van der Waals surface area (Å²) in [5.74, 6) is -0.479. The fraction of sp³-hybridized carbons (Fsp3) is 0.0909. The third-order valence-corrected chi connectivity index (χ3v) is 6.00. The molecule has 156 valence electrons. The standard InChI is InChI=1S/C22H16Cl2N4O2S/c1-28(2)21(30)14-10-13-8-12(6-7-17(13)25-11-14)9-18-20(29)27-22(31-18)26-19-15(23)4-3-5-16(19)24/h3-11H,1-2H3,(H,26,27,29). The Balaban J connectivity index is 1.58. The Labute approximate surface area is 193 Å². The second-order valence-electron chi connectivity index (χ2n) is 6.93. The number of nitrogens with one attached hydrogen (secondary N) is 1. The number of halogens is 2. The first-order valence-corrected chi connectivity index (χ1v) is 10.7. The molecule has 0 radical (unpaired) electrons. The smallest absolute Gasteiger partial charge is 0.286 e. The van der Waals surface area contributed by atoms with Gasteiger partial charge >= 0.3 is 0 Å². The number of fused-ring (bicyclic) bond motifs is 1. The van der Waals surface area contributed by atoms with Crippen molar-refractivity contribution in [2.24, 2.45) is 4.99 Å². The van der Waals surface area contributed by atoms with Gasteiger partial charge in [0.1, 0.15) is 0 Å². The lowest BCUT2D eigenvalue weighted by Gasteiger charge is -2.10. The van der Waals surface area contributed by atoms with Crippen molar-refractivity contribution in [2.45, 2.75) is 0 Å². The summed E-state index contributed by atoms with van der Waals surface area (Å²) in [5.41, 5.74) is 2.56. The zero-order valence-electron chi connectivity index (χ0n) is 16.5. The van der Waals surface area contributed by atoms with Crippen LogP contribution in [0.15, 0.2) is 58.6 Å². The van der Waals surface area contributed by atoms with Gasteiger partial charge in [0.05, 0.1) is 31.7 Å². The minimum absolute atomic E-state index is 0.123. The van der Waals surface area contributed by atoms with Crippen LogP contribution in [0.3, 0.4) is 0 Å². The number of aromatic nitrogens is 1. The van der Waals surface area contributed by atoms with E-state index in [1.54, 1.807) is 50.6 Å². The van der Waals surface area contributed by atoms with Crippen LogP contribution in [0, 0.1) is 0 Å². The molecule has 0 fully saturated rings. The normalized spacial score (nSPS) is 14.8. The van der Waals surface area contributed by atoms with Crippen LogP contribution in [0.4, 0.5) is 5.69 Å². The third-order valence-electron chi connectivity index (χ3n) is 4.47. The summed E-state index contributed by atoms with van der Waals surface area (Å²) in [6.45, 7) is 0. The Morgan fingerprint density at radius 3 is 2.58 bits per heavy atom. The molecule has 4 rings (SSSR count). The third kappa shape index (κ3) is 4.58. The summed E-state index contributed by atoms with van der Waals surface area (Å²) in [6, 6.07) is 12.5. The highest BCUT2D eigenvalue weighted by molar-refractivity contribution is 8.18. The number of rotatable bonds is 3. The molecule has 2 amide bonds. The Bertz CT molecular complexity index is 1270. The zero-order chi connectivity index (χ0) is 22.1. The maximum absolute atomic E-state index is 12.4. The number of pyridine rings is 1. The fourth-order valence-corrected chi connectivity index (χ4v) is 4.26. The number of hydrogen-bond donors (Lipinski definition) is 1. The van der Waals surface area contributed by atoms with Crippen LogP contribution < -0.4 is 5.32 Å². The van der Waals surface area contributed by atoms with Crippen molar-refractivity contribution in [3.8, 4) is 0 Å². The minimum atomic E-state index is -0.356. The van der Waals surface area contributed by atoms with Crippen molar-refractivity contribution in [3.05, 3.63) is 74.7 Å². The molecule has 2 aromatic carbocycles. The Hall–Kier alpha value is -2.87. The summed E-state index contributed by atoms with van der Waals surface area (Å²) in [5, 5.41) is 5.09. The molecule has 0 saturated heterocycles. The number of carbonyl (C=O) groups is 2. The zero-order valence-corrected chi connectivity index (χ0v) is 18.8. The molecule has 3 aromatic rings. The average Bonchev–Trinajstić information content (AvgIpc) is 3.08. The molecule has 1 aromatic heterocycles. The maximum Gasteiger partial charge on any atom is 0.286 e. The van der Waals surface area contributed by atoms with Crippen LogP contribution in [0.1, 0.15) is 15.9 Å². The van der Waals surface area contributed by atoms with E-state index in [-0.39, 0.29) is 11.8 Å². The number of amidine groups is 1. The molecule has 31 heavy (non-hydrogen) atoms. The molecule has 2 heterocycles. The molecule has 0 bridgehead atoms. The van der Waals surface area contributed by atoms with Gasteiger partial charge in [-0.15, -0.1) is 0 Å². The van der Waals surface area contributed by atoms with Crippen molar-refractivity contribution >= 4 is 74.6 Å². The molecule has 1 aliphatic rings. The predicted molar refractivity (Wildman–Crippen MR) is 128 cm³/mol. The summed E-state index contributed by atoms with van der Waals surface area (Å²) >= 11 is 13.6. The highest BCUT2D eigenvalue weighted by atomic mass is 35.5. The van der Waals surface area contributed by atoms with Gasteiger partial charge in [-0.1, -0.05) is 35.3 Å². The molecular formula is C22H16Cl2N4O2S. The van der Waals surface area contributed by atoms with Gasteiger partial charge < -0.3 is 10.2 Å². The molecule has 1 N–H and O–H groups in total. The molecule has 0 aliphatic carbocycles.